The molecule has 0 unspecified atom stereocenters. The van der Waals surface area contributed by atoms with E-state index in [1.807, 2.05) is 31.2 Å². The molecule has 3 fully saturated rings. The average Bonchev–Trinajstić information content (AvgIpc) is 3.40. The summed E-state index contributed by atoms with van der Waals surface area (Å²) in [5, 5.41) is 0. The van der Waals surface area contributed by atoms with Crippen LogP contribution in [0.1, 0.15) is 48.0 Å². The van der Waals surface area contributed by atoms with Gasteiger partial charge in [0.25, 0.3) is 5.91 Å². The first-order chi connectivity index (χ1) is 12.5. The zero-order valence-corrected chi connectivity index (χ0v) is 16.2. The molecule has 2 saturated heterocycles. The van der Waals surface area contributed by atoms with Crippen molar-refractivity contribution in [2.75, 3.05) is 39.9 Å². The molecule has 0 aromatic heterocycles. The van der Waals surface area contributed by atoms with Crippen molar-refractivity contribution in [1.82, 2.24) is 9.80 Å². The van der Waals surface area contributed by atoms with E-state index in [0.717, 1.165) is 62.7 Å². The van der Waals surface area contributed by atoms with Gasteiger partial charge in [0, 0.05) is 37.8 Å². The zero-order valence-electron chi connectivity index (χ0n) is 16.2. The first-order valence-electron chi connectivity index (χ1n) is 10.2. The molecule has 2 aliphatic heterocycles. The quantitative estimate of drug-likeness (QED) is 0.811. The maximum atomic E-state index is 12.8. The minimum absolute atomic E-state index is 0.194. The van der Waals surface area contributed by atoms with Gasteiger partial charge in [-0.3, -0.25) is 4.79 Å². The highest BCUT2D eigenvalue weighted by atomic mass is 16.5. The van der Waals surface area contributed by atoms with Crippen molar-refractivity contribution >= 4 is 5.91 Å². The molecule has 0 bridgehead atoms. The van der Waals surface area contributed by atoms with Crippen LogP contribution in [0.25, 0.3) is 0 Å². The van der Waals surface area contributed by atoms with E-state index in [1.165, 1.54) is 19.3 Å². The van der Waals surface area contributed by atoms with Gasteiger partial charge in [0.1, 0.15) is 0 Å². The number of hydrogen-bond donors (Lipinski definition) is 0. The summed E-state index contributed by atoms with van der Waals surface area (Å²) in [5.41, 5.74) is 2.36. The van der Waals surface area contributed by atoms with Gasteiger partial charge in [-0.2, -0.15) is 0 Å². The van der Waals surface area contributed by atoms with Crippen LogP contribution in [0, 0.1) is 18.3 Å². The molecule has 4 nitrogen and oxygen atoms in total. The van der Waals surface area contributed by atoms with Gasteiger partial charge in [0.2, 0.25) is 0 Å². The van der Waals surface area contributed by atoms with Crippen LogP contribution in [0.3, 0.4) is 0 Å². The smallest absolute Gasteiger partial charge is 0.253 e. The Bertz CT molecular complexity index is 647. The van der Waals surface area contributed by atoms with Crippen molar-refractivity contribution in [2.45, 2.75) is 45.1 Å². The molecule has 3 aliphatic rings. The second-order valence-electron chi connectivity index (χ2n) is 8.92. The number of aryl methyl sites for hydroxylation is 1. The van der Waals surface area contributed by atoms with Crippen LogP contribution >= 0.6 is 0 Å². The number of nitrogens with zero attached hydrogens (tertiary/aromatic N) is 2. The van der Waals surface area contributed by atoms with E-state index in [4.69, 9.17) is 4.74 Å². The number of likely N-dealkylation sites (tertiary alicyclic amines) is 2. The van der Waals surface area contributed by atoms with E-state index in [9.17, 15) is 4.79 Å². The summed E-state index contributed by atoms with van der Waals surface area (Å²) in [6.07, 6.45) is 6.17. The Balaban J connectivity index is 1.30. The summed E-state index contributed by atoms with van der Waals surface area (Å²) < 4.78 is 5.97. The van der Waals surface area contributed by atoms with Gasteiger partial charge in [-0.25, -0.2) is 0 Å². The van der Waals surface area contributed by atoms with Crippen LogP contribution in [-0.2, 0) is 4.74 Å². The number of rotatable bonds is 5. The van der Waals surface area contributed by atoms with E-state index in [0.29, 0.717) is 11.5 Å². The molecule has 2 heterocycles. The van der Waals surface area contributed by atoms with Crippen LogP contribution in [0.4, 0.5) is 0 Å². The van der Waals surface area contributed by atoms with Gasteiger partial charge in [-0.05, 0) is 69.5 Å². The number of benzene rings is 1. The molecule has 1 saturated carbocycles. The molecular weight excluding hydrogens is 324 g/mol. The third-order valence-corrected chi connectivity index (χ3v) is 6.61. The van der Waals surface area contributed by atoms with Crippen LogP contribution in [0.2, 0.25) is 0 Å². The number of carbonyl (C=O) groups excluding carboxylic acids is 1. The topological polar surface area (TPSA) is 32.8 Å². The zero-order chi connectivity index (χ0) is 18.1. The molecule has 26 heavy (non-hydrogen) atoms. The Morgan fingerprint density at radius 1 is 1.23 bits per heavy atom. The Morgan fingerprint density at radius 3 is 2.69 bits per heavy atom. The highest BCUT2D eigenvalue weighted by Crippen LogP contribution is 2.43. The lowest BCUT2D eigenvalue weighted by Gasteiger charge is -2.39. The summed E-state index contributed by atoms with van der Waals surface area (Å²) >= 11 is 0. The third-order valence-electron chi connectivity index (χ3n) is 6.61. The van der Waals surface area contributed by atoms with Crippen molar-refractivity contribution < 1.29 is 9.53 Å². The number of hydrogen-bond acceptors (Lipinski definition) is 3. The second-order valence-corrected chi connectivity index (χ2v) is 8.92. The Hall–Kier alpha value is -1.39. The summed E-state index contributed by atoms with van der Waals surface area (Å²) in [4.78, 5) is 17.3. The molecule has 0 radical (unpaired) electrons. The van der Waals surface area contributed by atoms with E-state index in [1.54, 1.807) is 0 Å². The first kappa shape index (κ1) is 18.0. The fraction of sp³-hybridized carbons (Fsp3) is 0.682. The Morgan fingerprint density at radius 2 is 2.00 bits per heavy atom. The lowest BCUT2D eigenvalue weighted by Crippen LogP contribution is -2.44. The number of piperidine rings is 1. The predicted octanol–water partition coefficient (Wildman–Crippen LogP) is 3.35. The van der Waals surface area contributed by atoms with Gasteiger partial charge in [-0.1, -0.05) is 17.7 Å². The molecule has 1 aliphatic carbocycles. The van der Waals surface area contributed by atoms with Crippen molar-refractivity contribution in [3.63, 3.8) is 0 Å². The largest absolute Gasteiger partial charge is 0.380 e. The van der Waals surface area contributed by atoms with Crippen LogP contribution < -0.4 is 0 Å². The van der Waals surface area contributed by atoms with Gasteiger partial charge >= 0.3 is 0 Å². The number of ether oxygens (including phenoxy) is 1. The van der Waals surface area contributed by atoms with Crippen LogP contribution in [-0.4, -0.2) is 61.6 Å². The van der Waals surface area contributed by atoms with Crippen molar-refractivity contribution in [3.05, 3.63) is 35.4 Å². The first-order valence-corrected chi connectivity index (χ1v) is 10.2. The molecule has 0 N–H and O–H groups in total. The maximum absolute atomic E-state index is 12.8. The minimum atomic E-state index is 0.194. The summed E-state index contributed by atoms with van der Waals surface area (Å²) in [6.45, 7) is 6.79. The predicted molar refractivity (Wildman–Crippen MR) is 103 cm³/mol. The molecule has 4 heteroatoms. The van der Waals surface area contributed by atoms with Gasteiger partial charge < -0.3 is 14.5 Å². The Kier molecular flexibility index (Phi) is 5.07. The Labute approximate surface area is 157 Å². The highest BCUT2D eigenvalue weighted by Gasteiger charge is 2.44. The molecule has 1 atom stereocenters. The summed E-state index contributed by atoms with van der Waals surface area (Å²) in [6, 6.07) is 8.51. The monoisotopic (exact) mass is 356 g/mol. The summed E-state index contributed by atoms with van der Waals surface area (Å²) in [5.74, 6) is 1.03. The van der Waals surface area contributed by atoms with Gasteiger partial charge in [0.05, 0.1) is 6.61 Å². The normalized spacial score (nSPS) is 25.8. The van der Waals surface area contributed by atoms with Gasteiger partial charge in [-0.15, -0.1) is 0 Å². The lowest BCUT2D eigenvalue weighted by atomic mass is 9.76. The van der Waals surface area contributed by atoms with E-state index in [2.05, 4.69) is 16.8 Å². The molecule has 1 spiro atoms. The molecular formula is C22H32N2O2. The van der Waals surface area contributed by atoms with Crippen molar-refractivity contribution in [1.29, 1.82) is 0 Å². The third kappa shape index (κ3) is 3.96. The molecule has 4 rings (SSSR count). The number of amides is 1. The lowest BCUT2D eigenvalue weighted by molar-refractivity contribution is 0.0588. The fourth-order valence-corrected chi connectivity index (χ4v) is 4.73. The average molecular weight is 357 g/mol. The standard InChI is InChI=1S/C22H32N2O2/c1-17-4-3-5-19(12-17)21(25)24-10-8-22(9-11-24)13-20(23(2)16-22)15-26-14-18-6-7-18/h3-5,12,18,20H,6-11,13-16H2,1-2H3/t20-/m1/s1. The van der Waals surface area contributed by atoms with Crippen LogP contribution in [0.5, 0.6) is 0 Å². The number of carbonyl (C=O) groups is 1. The highest BCUT2D eigenvalue weighted by molar-refractivity contribution is 5.94. The summed E-state index contributed by atoms with van der Waals surface area (Å²) in [7, 11) is 2.24. The maximum Gasteiger partial charge on any atom is 0.253 e. The van der Waals surface area contributed by atoms with Gasteiger partial charge in [0.15, 0.2) is 0 Å². The van der Waals surface area contributed by atoms with Crippen LogP contribution in [0.15, 0.2) is 24.3 Å². The van der Waals surface area contributed by atoms with E-state index >= 15 is 0 Å². The molecule has 142 valence electrons. The second kappa shape index (κ2) is 7.32. The molecule has 1 aromatic carbocycles. The minimum Gasteiger partial charge on any atom is -0.380 e. The van der Waals surface area contributed by atoms with Crippen molar-refractivity contribution in [3.8, 4) is 0 Å². The fourth-order valence-electron chi connectivity index (χ4n) is 4.73. The SMILES string of the molecule is Cc1cccc(C(=O)N2CCC3(CC2)C[C@H](COCC2CC2)N(C)C3)c1. The molecule has 1 aromatic rings. The number of likely N-dealkylation sites (N-methyl/N-ethyl adjacent to an activating group) is 1. The molecule has 1 amide bonds. The van der Waals surface area contributed by atoms with E-state index < -0.39 is 0 Å². The van der Waals surface area contributed by atoms with E-state index in [-0.39, 0.29) is 5.91 Å². The van der Waals surface area contributed by atoms with Crippen molar-refractivity contribution in [2.24, 2.45) is 11.3 Å².